The van der Waals surface area contributed by atoms with Gasteiger partial charge in [-0.3, -0.25) is 9.59 Å². The van der Waals surface area contributed by atoms with E-state index in [1.165, 1.54) is 6.08 Å². The van der Waals surface area contributed by atoms with Gasteiger partial charge in [-0.1, -0.05) is 6.92 Å². The molecule has 0 bridgehead atoms. The van der Waals surface area contributed by atoms with Crippen LogP contribution in [0.1, 0.15) is 44.5 Å². The number of amides is 2. The summed E-state index contributed by atoms with van der Waals surface area (Å²) >= 11 is 0. The molecule has 0 aromatic heterocycles. The van der Waals surface area contributed by atoms with E-state index < -0.39 is 5.97 Å². The zero-order valence-corrected chi connectivity index (χ0v) is 15.4. The molecule has 2 aliphatic heterocycles. The largest absolute Gasteiger partial charge is 0.462 e. The molecule has 0 aliphatic carbocycles. The highest BCUT2D eigenvalue weighted by Crippen LogP contribution is 2.40. The maximum absolute atomic E-state index is 12.2. The van der Waals surface area contributed by atoms with E-state index in [4.69, 9.17) is 9.47 Å². The van der Waals surface area contributed by atoms with Crippen LogP contribution >= 0.6 is 0 Å². The molecule has 3 atom stereocenters. The van der Waals surface area contributed by atoms with Gasteiger partial charge in [0.1, 0.15) is 0 Å². The first-order valence-electron chi connectivity index (χ1n) is 8.74. The quantitative estimate of drug-likeness (QED) is 0.598. The molecule has 1 saturated heterocycles. The number of hydrogen-bond acceptors (Lipinski definition) is 5. The van der Waals surface area contributed by atoms with E-state index in [0.717, 1.165) is 4.90 Å². The van der Waals surface area contributed by atoms with Crippen molar-refractivity contribution >= 4 is 23.5 Å². The van der Waals surface area contributed by atoms with Crippen molar-refractivity contribution in [2.24, 2.45) is 5.92 Å². The maximum atomic E-state index is 12.2. The number of rotatable bonds is 5. The highest BCUT2D eigenvalue weighted by Gasteiger charge is 2.46. The third-order valence-electron chi connectivity index (χ3n) is 5.42. The van der Waals surface area contributed by atoms with Crippen molar-refractivity contribution in [2.75, 3.05) is 11.5 Å². The Hall–Kier alpha value is -2.47. The number of ether oxygens (including phenoxy) is 2. The van der Waals surface area contributed by atoms with Crippen molar-refractivity contribution in [3.63, 3.8) is 0 Å². The van der Waals surface area contributed by atoms with Crippen LogP contribution in [0, 0.1) is 5.92 Å². The van der Waals surface area contributed by atoms with Gasteiger partial charge < -0.3 is 9.47 Å². The minimum Gasteiger partial charge on any atom is -0.462 e. The average molecular weight is 357 g/mol. The summed E-state index contributed by atoms with van der Waals surface area (Å²) in [6, 6.07) is 6.24. The summed E-state index contributed by atoms with van der Waals surface area (Å²) in [4.78, 5) is 37.1. The molecule has 0 saturated carbocycles. The summed E-state index contributed by atoms with van der Waals surface area (Å²) in [6.45, 7) is 8.07. The summed E-state index contributed by atoms with van der Waals surface area (Å²) in [5.41, 5.74) is 0.959. The van der Waals surface area contributed by atoms with Crippen LogP contribution in [0.2, 0.25) is 0 Å². The van der Waals surface area contributed by atoms with Crippen molar-refractivity contribution in [3.05, 3.63) is 41.5 Å². The van der Waals surface area contributed by atoms with Gasteiger partial charge >= 0.3 is 5.97 Å². The normalized spacial score (nSPS) is 28.0. The van der Waals surface area contributed by atoms with E-state index in [9.17, 15) is 14.4 Å². The fourth-order valence-corrected chi connectivity index (χ4v) is 3.35. The van der Waals surface area contributed by atoms with Crippen LogP contribution in [-0.2, 0) is 19.1 Å². The number of carbonyl (C=O) groups is 3. The van der Waals surface area contributed by atoms with Gasteiger partial charge in [-0.05, 0) is 45.0 Å². The second-order valence-corrected chi connectivity index (χ2v) is 7.16. The first kappa shape index (κ1) is 18.3. The van der Waals surface area contributed by atoms with E-state index in [-0.39, 0.29) is 30.1 Å². The lowest BCUT2D eigenvalue weighted by molar-refractivity contribution is -0.242. The molecule has 1 fully saturated rings. The zero-order valence-electron chi connectivity index (χ0n) is 15.4. The molecule has 1 aromatic carbocycles. The minimum atomic E-state index is -0.437. The first-order chi connectivity index (χ1) is 12.2. The Bertz CT molecular complexity index is 782. The van der Waals surface area contributed by atoms with Crippen LogP contribution < -0.4 is 4.90 Å². The van der Waals surface area contributed by atoms with Crippen LogP contribution in [0.15, 0.2) is 35.9 Å². The second-order valence-electron chi connectivity index (χ2n) is 7.16. The maximum Gasteiger partial charge on any atom is 0.338 e. The number of benzene rings is 1. The molecule has 2 aliphatic rings. The minimum absolute atomic E-state index is 0.234. The third kappa shape index (κ3) is 3.17. The van der Waals surface area contributed by atoms with Gasteiger partial charge in [0.15, 0.2) is 0 Å². The van der Waals surface area contributed by atoms with Crippen LogP contribution in [0.25, 0.3) is 0 Å². The number of anilines is 1. The SMILES string of the molecule is CC1=CC(=O)N(c2ccc(C(=O)OCCC3(C)OC(C)C3C)cc2)C1=O. The molecule has 6 heteroatoms. The molecule has 138 valence electrons. The van der Waals surface area contributed by atoms with E-state index in [1.807, 2.05) is 13.8 Å². The molecular formula is C20H23NO5. The van der Waals surface area contributed by atoms with Crippen molar-refractivity contribution in [2.45, 2.75) is 45.8 Å². The Morgan fingerprint density at radius 1 is 1.23 bits per heavy atom. The Morgan fingerprint density at radius 3 is 2.38 bits per heavy atom. The Labute approximate surface area is 152 Å². The van der Waals surface area contributed by atoms with Crippen molar-refractivity contribution in [3.8, 4) is 0 Å². The smallest absolute Gasteiger partial charge is 0.338 e. The Kier molecular flexibility index (Phi) is 4.71. The number of nitrogens with zero attached hydrogens (tertiary/aromatic N) is 1. The molecule has 26 heavy (non-hydrogen) atoms. The Balaban J connectivity index is 1.56. The number of esters is 1. The van der Waals surface area contributed by atoms with Gasteiger partial charge in [0.2, 0.25) is 0 Å². The van der Waals surface area contributed by atoms with Crippen molar-refractivity contribution < 1.29 is 23.9 Å². The Morgan fingerprint density at radius 2 is 1.88 bits per heavy atom. The van der Waals surface area contributed by atoms with Crippen molar-refractivity contribution in [1.82, 2.24) is 0 Å². The molecule has 0 N–H and O–H groups in total. The van der Waals surface area contributed by atoms with Gasteiger partial charge in [0, 0.05) is 24.0 Å². The topological polar surface area (TPSA) is 72.9 Å². The lowest BCUT2D eigenvalue weighted by Crippen LogP contribution is -2.56. The van der Waals surface area contributed by atoms with E-state index in [1.54, 1.807) is 31.2 Å². The fourth-order valence-electron chi connectivity index (χ4n) is 3.35. The highest BCUT2D eigenvalue weighted by atomic mass is 16.5. The van der Waals surface area contributed by atoms with Crippen LogP contribution in [0.5, 0.6) is 0 Å². The summed E-state index contributed by atoms with van der Waals surface area (Å²) in [5.74, 6) is -0.732. The van der Waals surface area contributed by atoms with Crippen LogP contribution in [0.3, 0.4) is 0 Å². The summed E-state index contributed by atoms with van der Waals surface area (Å²) in [7, 11) is 0. The van der Waals surface area contributed by atoms with Gasteiger partial charge in [-0.15, -0.1) is 0 Å². The number of hydrogen-bond donors (Lipinski definition) is 0. The van der Waals surface area contributed by atoms with Crippen molar-refractivity contribution in [1.29, 1.82) is 0 Å². The zero-order chi connectivity index (χ0) is 19.1. The average Bonchev–Trinajstić information content (AvgIpc) is 2.87. The lowest BCUT2D eigenvalue weighted by Gasteiger charge is -2.50. The predicted molar refractivity (Wildman–Crippen MR) is 95.7 cm³/mol. The summed E-state index contributed by atoms with van der Waals surface area (Å²) in [6.07, 6.45) is 2.18. The van der Waals surface area contributed by atoms with Gasteiger partial charge in [-0.2, -0.15) is 0 Å². The lowest BCUT2D eigenvalue weighted by atomic mass is 9.78. The van der Waals surface area contributed by atoms with Gasteiger partial charge in [0.05, 0.1) is 29.6 Å². The predicted octanol–water partition coefficient (Wildman–Crippen LogP) is 2.87. The van der Waals surface area contributed by atoms with Gasteiger partial charge in [-0.25, -0.2) is 9.69 Å². The van der Waals surface area contributed by atoms with E-state index >= 15 is 0 Å². The first-order valence-corrected chi connectivity index (χ1v) is 8.74. The highest BCUT2D eigenvalue weighted by molar-refractivity contribution is 6.30. The molecular weight excluding hydrogens is 334 g/mol. The molecule has 3 rings (SSSR count). The van der Waals surface area contributed by atoms with E-state index in [2.05, 4.69) is 6.92 Å². The van der Waals surface area contributed by atoms with Gasteiger partial charge in [0.25, 0.3) is 11.8 Å². The number of carbonyl (C=O) groups excluding carboxylic acids is 3. The standard InChI is InChI=1S/C20H23NO5/c1-12-11-17(22)21(18(12)23)16-7-5-15(6-8-16)19(24)25-10-9-20(4)13(2)14(3)26-20/h5-8,11,13-14H,9-10H2,1-4H3. The van der Waals surface area contributed by atoms with E-state index in [0.29, 0.717) is 29.2 Å². The fraction of sp³-hybridized carbons (Fsp3) is 0.450. The molecule has 0 spiro atoms. The third-order valence-corrected chi connectivity index (χ3v) is 5.42. The molecule has 2 amide bonds. The summed E-state index contributed by atoms with van der Waals surface area (Å²) < 4.78 is 11.1. The second kappa shape index (κ2) is 6.68. The number of imide groups is 1. The molecule has 2 heterocycles. The van der Waals surface area contributed by atoms with Crippen LogP contribution in [-0.4, -0.2) is 36.1 Å². The van der Waals surface area contributed by atoms with Crippen LogP contribution in [0.4, 0.5) is 5.69 Å². The molecule has 6 nitrogen and oxygen atoms in total. The molecule has 3 unspecified atom stereocenters. The summed E-state index contributed by atoms with van der Waals surface area (Å²) in [5, 5.41) is 0. The molecule has 0 radical (unpaired) electrons. The monoisotopic (exact) mass is 357 g/mol. The molecule has 1 aromatic rings.